The molecule has 1 heteroatoms. The third-order valence-electron chi connectivity index (χ3n) is 8.97. The minimum Gasteiger partial charge on any atom is -0.309 e. The Morgan fingerprint density at radius 2 is 0.744 bits per heavy atom. The van der Waals surface area contributed by atoms with E-state index >= 15 is 0 Å². The molecule has 0 bridgehead atoms. The van der Waals surface area contributed by atoms with Crippen LogP contribution in [0.2, 0.25) is 0 Å². The molecular formula is C42H27N. The minimum atomic E-state index is 1.20. The van der Waals surface area contributed by atoms with Gasteiger partial charge in [-0.2, -0.15) is 0 Å². The monoisotopic (exact) mass is 545 g/mol. The molecule has 0 saturated heterocycles. The summed E-state index contributed by atoms with van der Waals surface area (Å²) in [7, 11) is 0. The second-order valence-electron chi connectivity index (χ2n) is 11.3. The predicted octanol–water partition coefficient (Wildman–Crippen LogP) is 11.6. The molecule has 0 spiro atoms. The SMILES string of the molecule is c1ccc(-c2c3ccccc3c(-c3ccccc3)c3c2ccc2c(-n4c5ccccc5c5ccccc54)cccc23)cc1. The zero-order chi connectivity index (χ0) is 28.3. The quantitative estimate of drug-likeness (QED) is 0.154. The molecule has 0 radical (unpaired) electrons. The molecule has 8 aromatic carbocycles. The van der Waals surface area contributed by atoms with Crippen LogP contribution in [0.1, 0.15) is 0 Å². The average molecular weight is 546 g/mol. The third-order valence-corrected chi connectivity index (χ3v) is 8.97. The Morgan fingerprint density at radius 3 is 1.37 bits per heavy atom. The summed E-state index contributed by atoms with van der Waals surface area (Å²) in [6, 6.07) is 59.7. The van der Waals surface area contributed by atoms with E-state index < -0.39 is 0 Å². The lowest BCUT2D eigenvalue weighted by Gasteiger charge is -2.20. The molecule has 1 nitrogen and oxygen atoms in total. The topological polar surface area (TPSA) is 4.93 Å². The first kappa shape index (κ1) is 24.0. The van der Waals surface area contributed by atoms with Crippen molar-refractivity contribution in [2.24, 2.45) is 0 Å². The van der Waals surface area contributed by atoms with Gasteiger partial charge in [-0.05, 0) is 67.4 Å². The van der Waals surface area contributed by atoms with Gasteiger partial charge in [-0.1, -0.05) is 146 Å². The van der Waals surface area contributed by atoms with Crippen LogP contribution in [0, 0.1) is 0 Å². The molecule has 43 heavy (non-hydrogen) atoms. The van der Waals surface area contributed by atoms with Crippen molar-refractivity contribution >= 4 is 54.1 Å². The Kier molecular flexibility index (Phi) is 5.27. The van der Waals surface area contributed by atoms with Crippen molar-refractivity contribution < 1.29 is 0 Å². The highest BCUT2D eigenvalue weighted by Gasteiger charge is 2.20. The number of hydrogen-bond donors (Lipinski definition) is 0. The van der Waals surface area contributed by atoms with Crippen LogP contribution in [0.5, 0.6) is 0 Å². The summed E-state index contributed by atoms with van der Waals surface area (Å²) >= 11 is 0. The van der Waals surface area contributed by atoms with Crippen molar-refractivity contribution in [3.8, 4) is 27.9 Å². The molecule has 0 aliphatic carbocycles. The van der Waals surface area contributed by atoms with Crippen molar-refractivity contribution in [1.82, 2.24) is 4.57 Å². The third kappa shape index (κ3) is 3.52. The number of hydrogen-bond acceptors (Lipinski definition) is 0. The zero-order valence-corrected chi connectivity index (χ0v) is 23.5. The van der Waals surface area contributed by atoms with Crippen LogP contribution in [-0.4, -0.2) is 4.57 Å². The Morgan fingerprint density at radius 1 is 0.279 bits per heavy atom. The fourth-order valence-electron chi connectivity index (χ4n) is 7.22. The summed E-state index contributed by atoms with van der Waals surface area (Å²) < 4.78 is 2.44. The van der Waals surface area contributed by atoms with Gasteiger partial charge in [-0.25, -0.2) is 0 Å². The van der Waals surface area contributed by atoms with Crippen LogP contribution >= 0.6 is 0 Å². The minimum absolute atomic E-state index is 1.20. The summed E-state index contributed by atoms with van der Waals surface area (Å²) in [6.07, 6.45) is 0. The molecular weight excluding hydrogens is 518 g/mol. The van der Waals surface area contributed by atoms with Crippen molar-refractivity contribution in [3.63, 3.8) is 0 Å². The molecule has 0 unspecified atom stereocenters. The van der Waals surface area contributed by atoms with Gasteiger partial charge >= 0.3 is 0 Å². The average Bonchev–Trinajstić information content (AvgIpc) is 3.42. The summed E-state index contributed by atoms with van der Waals surface area (Å²) in [5, 5.41) is 10.2. The van der Waals surface area contributed by atoms with Gasteiger partial charge in [0.25, 0.3) is 0 Å². The zero-order valence-electron chi connectivity index (χ0n) is 23.5. The maximum atomic E-state index is 2.44. The number of benzene rings is 8. The van der Waals surface area contributed by atoms with Crippen molar-refractivity contribution in [2.45, 2.75) is 0 Å². The molecule has 0 fully saturated rings. The Labute approximate surface area is 249 Å². The molecule has 9 rings (SSSR count). The van der Waals surface area contributed by atoms with Gasteiger partial charge in [0.1, 0.15) is 0 Å². The van der Waals surface area contributed by atoms with Crippen LogP contribution in [0.25, 0.3) is 82.1 Å². The normalized spacial score (nSPS) is 11.7. The first-order valence-electron chi connectivity index (χ1n) is 14.9. The second-order valence-corrected chi connectivity index (χ2v) is 11.3. The van der Waals surface area contributed by atoms with Crippen LogP contribution in [0.4, 0.5) is 0 Å². The number of fused-ring (bicyclic) bond motifs is 7. The van der Waals surface area contributed by atoms with Gasteiger partial charge in [0.15, 0.2) is 0 Å². The summed E-state index contributed by atoms with van der Waals surface area (Å²) in [4.78, 5) is 0. The predicted molar refractivity (Wildman–Crippen MR) is 184 cm³/mol. The lowest BCUT2D eigenvalue weighted by molar-refractivity contribution is 1.20. The highest BCUT2D eigenvalue weighted by molar-refractivity contribution is 6.28. The lowest BCUT2D eigenvalue weighted by atomic mass is 9.84. The second kappa shape index (κ2) is 9.44. The summed E-state index contributed by atoms with van der Waals surface area (Å²) in [6.45, 7) is 0. The van der Waals surface area contributed by atoms with Gasteiger partial charge < -0.3 is 4.57 Å². The number of aromatic nitrogens is 1. The van der Waals surface area contributed by atoms with E-state index in [1.165, 1.54) is 82.1 Å². The van der Waals surface area contributed by atoms with Crippen molar-refractivity contribution in [1.29, 1.82) is 0 Å². The molecule has 0 N–H and O–H groups in total. The molecule has 0 atom stereocenters. The van der Waals surface area contributed by atoms with E-state index in [4.69, 9.17) is 0 Å². The van der Waals surface area contributed by atoms with E-state index in [2.05, 4.69) is 168 Å². The first-order chi connectivity index (χ1) is 21.4. The maximum Gasteiger partial charge on any atom is 0.0541 e. The number of rotatable bonds is 3. The van der Waals surface area contributed by atoms with Crippen LogP contribution < -0.4 is 0 Å². The highest BCUT2D eigenvalue weighted by Crippen LogP contribution is 2.47. The Hall–Kier alpha value is -5.66. The molecule has 0 amide bonds. The fraction of sp³-hybridized carbons (Fsp3) is 0. The van der Waals surface area contributed by atoms with Crippen molar-refractivity contribution in [2.75, 3.05) is 0 Å². The summed E-state index contributed by atoms with van der Waals surface area (Å²) in [5.41, 5.74) is 8.70. The Balaban J connectivity index is 1.50. The van der Waals surface area contributed by atoms with Crippen molar-refractivity contribution in [3.05, 3.63) is 164 Å². The van der Waals surface area contributed by atoms with E-state index in [9.17, 15) is 0 Å². The number of para-hydroxylation sites is 2. The smallest absolute Gasteiger partial charge is 0.0541 e. The van der Waals surface area contributed by atoms with Gasteiger partial charge in [0, 0.05) is 16.2 Å². The van der Waals surface area contributed by atoms with Gasteiger partial charge in [-0.3, -0.25) is 0 Å². The first-order valence-corrected chi connectivity index (χ1v) is 14.9. The highest BCUT2D eigenvalue weighted by atomic mass is 15.0. The fourth-order valence-corrected chi connectivity index (χ4v) is 7.22. The van der Waals surface area contributed by atoms with Crippen LogP contribution in [-0.2, 0) is 0 Å². The van der Waals surface area contributed by atoms with E-state index in [1.54, 1.807) is 0 Å². The van der Waals surface area contributed by atoms with E-state index in [0.29, 0.717) is 0 Å². The molecule has 1 aromatic heterocycles. The van der Waals surface area contributed by atoms with Gasteiger partial charge in [0.05, 0.1) is 16.7 Å². The van der Waals surface area contributed by atoms with Crippen LogP contribution in [0.3, 0.4) is 0 Å². The van der Waals surface area contributed by atoms with Gasteiger partial charge in [-0.15, -0.1) is 0 Å². The number of nitrogens with zero attached hydrogens (tertiary/aromatic N) is 1. The van der Waals surface area contributed by atoms with Gasteiger partial charge in [0.2, 0.25) is 0 Å². The molecule has 0 saturated carbocycles. The van der Waals surface area contributed by atoms with Crippen LogP contribution in [0.15, 0.2) is 164 Å². The molecule has 0 aliphatic heterocycles. The van der Waals surface area contributed by atoms with E-state index in [0.717, 1.165) is 0 Å². The molecule has 1 heterocycles. The molecule has 9 aromatic rings. The standard InChI is InChI=1S/C42H27N/c1-3-14-28(15-4-1)40-34-20-7-8-21-35(34)41(29-16-5-2-6-17-29)42-33-22-13-25-39(32(33)26-27-36(40)42)43-37-23-11-9-18-30(37)31-19-10-12-24-38(31)43/h1-27H. The lowest BCUT2D eigenvalue weighted by Crippen LogP contribution is -1.97. The largest absolute Gasteiger partial charge is 0.309 e. The Bertz CT molecular complexity index is 2430. The molecule has 200 valence electrons. The maximum absolute atomic E-state index is 2.44. The van der Waals surface area contributed by atoms with E-state index in [-0.39, 0.29) is 0 Å². The van der Waals surface area contributed by atoms with E-state index in [1.807, 2.05) is 0 Å². The molecule has 0 aliphatic rings. The summed E-state index contributed by atoms with van der Waals surface area (Å²) in [5.74, 6) is 0.